The number of aryl methyl sites for hydroxylation is 1. The molecular weight excluding hydrogens is 262 g/mol. The minimum absolute atomic E-state index is 0.344. The molecule has 0 amide bonds. The van der Waals surface area contributed by atoms with E-state index in [9.17, 15) is 0 Å². The van der Waals surface area contributed by atoms with Crippen LogP contribution in [0.5, 0.6) is 0 Å². The maximum atomic E-state index is 6.21. The van der Waals surface area contributed by atoms with E-state index in [2.05, 4.69) is 10.3 Å². The van der Waals surface area contributed by atoms with Crippen molar-refractivity contribution >= 4 is 22.6 Å². The predicted octanol–water partition coefficient (Wildman–Crippen LogP) is 2.50. The van der Waals surface area contributed by atoms with Gasteiger partial charge in [0.2, 0.25) is 0 Å². The summed E-state index contributed by atoms with van der Waals surface area (Å²) in [7, 11) is 1.99. The van der Waals surface area contributed by atoms with Gasteiger partial charge in [0.05, 0.1) is 22.2 Å². The summed E-state index contributed by atoms with van der Waals surface area (Å²) in [5, 5.41) is 4.07. The molecule has 2 heterocycles. The van der Waals surface area contributed by atoms with E-state index in [0.29, 0.717) is 12.7 Å². The van der Waals surface area contributed by atoms with Gasteiger partial charge in [-0.2, -0.15) is 0 Å². The number of halogens is 1. The molecular formula is C14H18ClN3O. The molecule has 0 bridgehead atoms. The molecule has 0 saturated carbocycles. The first-order valence-electron chi connectivity index (χ1n) is 6.68. The zero-order chi connectivity index (χ0) is 13.2. The van der Waals surface area contributed by atoms with Gasteiger partial charge in [0.15, 0.2) is 0 Å². The highest BCUT2D eigenvalue weighted by atomic mass is 35.5. The summed E-state index contributed by atoms with van der Waals surface area (Å²) in [4.78, 5) is 4.60. The molecule has 1 aliphatic heterocycles. The second-order valence-electron chi connectivity index (χ2n) is 4.95. The number of para-hydroxylation sites is 1. The van der Waals surface area contributed by atoms with Gasteiger partial charge in [0, 0.05) is 7.05 Å². The van der Waals surface area contributed by atoms with Crippen LogP contribution >= 0.6 is 11.6 Å². The second-order valence-corrected chi connectivity index (χ2v) is 5.36. The molecule has 1 aliphatic rings. The first-order chi connectivity index (χ1) is 9.25. The number of nitrogens with one attached hydrogen (secondary N) is 1. The van der Waals surface area contributed by atoms with Crippen molar-refractivity contribution in [3.63, 3.8) is 0 Å². The summed E-state index contributed by atoms with van der Waals surface area (Å²) in [6.45, 7) is 2.63. The monoisotopic (exact) mass is 279 g/mol. The molecule has 102 valence electrons. The van der Waals surface area contributed by atoms with E-state index < -0.39 is 0 Å². The average Bonchev–Trinajstić information content (AvgIpc) is 2.76. The number of piperidine rings is 1. The molecule has 5 heteroatoms. The number of hydrogen-bond donors (Lipinski definition) is 1. The number of ether oxygens (including phenoxy) is 1. The summed E-state index contributed by atoms with van der Waals surface area (Å²) < 4.78 is 7.98. The van der Waals surface area contributed by atoms with Gasteiger partial charge in [0.25, 0.3) is 0 Å². The van der Waals surface area contributed by atoms with Gasteiger partial charge in [-0.25, -0.2) is 4.98 Å². The number of benzene rings is 1. The van der Waals surface area contributed by atoms with E-state index in [1.165, 1.54) is 0 Å². The molecule has 1 saturated heterocycles. The Hall–Kier alpha value is -1.10. The van der Waals surface area contributed by atoms with Crippen molar-refractivity contribution in [2.24, 2.45) is 7.05 Å². The molecule has 0 unspecified atom stereocenters. The maximum Gasteiger partial charge on any atom is 0.135 e. The lowest BCUT2D eigenvalue weighted by atomic mass is 10.1. The van der Waals surface area contributed by atoms with Crippen molar-refractivity contribution in [1.29, 1.82) is 0 Å². The van der Waals surface area contributed by atoms with E-state index in [0.717, 1.165) is 47.8 Å². The van der Waals surface area contributed by atoms with Crippen LogP contribution in [0, 0.1) is 0 Å². The Morgan fingerprint density at radius 2 is 2.21 bits per heavy atom. The molecule has 0 atom stereocenters. The predicted molar refractivity (Wildman–Crippen MR) is 76.4 cm³/mol. The lowest BCUT2D eigenvalue weighted by Crippen LogP contribution is -2.32. The SMILES string of the molecule is Cn1c(COC2CCNCC2)nc2cccc(Cl)c21. The second kappa shape index (κ2) is 5.49. The fraction of sp³-hybridized carbons (Fsp3) is 0.500. The maximum absolute atomic E-state index is 6.21. The number of hydrogen-bond acceptors (Lipinski definition) is 3. The van der Waals surface area contributed by atoms with Crippen LogP contribution in [0.15, 0.2) is 18.2 Å². The fourth-order valence-corrected chi connectivity index (χ4v) is 2.85. The van der Waals surface area contributed by atoms with Gasteiger partial charge in [-0.1, -0.05) is 17.7 Å². The molecule has 1 fully saturated rings. The lowest BCUT2D eigenvalue weighted by molar-refractivity contribution is 0.0170. The number of nitrogens with zero attached hydrogens (tertiary/aromatic N) is 2. The highest BCUT2D eigenvalue weighted by Gasteiger charge is 2.16. The normalized spacial score (nSPS) is 17.2. The smallest absolute Gasteiger partial charge is 0.135 e. The third kappa shape index (κ3) is 2.61. The number of aromatic nitrogens is 2. The molecule has 3 rings (SSSR count). The van der Waals surface area contributed by atoms with Crippen LogP contribution in [0.3, 0.4) is 0 Å². The Morgan fingerprint density at radius 1 is 1.42 bits per heavy atom. The van der Waals surface area contributed by atoms with Crippen LogP contribution in [0.1, 0.15) is 18.7 Å². The Balaban J connectivity index is 1.77. The average molecular weight is 280 g/mol. The first kappa shape index (κ1) is 12.9. The van der Waals surface area contributed by atoms with Gasteiger partial charge in [-0.15, -0.1) is 0 Å². The van der Waals surface area contributed by atoms with Crippen LogP contribution in [0.4, 0.5) is 0 Å². The minimum atomic E-state index is 0.344. The molecule has 2 aromatic rings. The molecule has 1 aromatic heterocycles. The van der Waals surface area contributed by atoms with Crippen molar-refractivity contribution in [1.82, 2.24) is 14.9 Å². The standard InChI is InChI=1S/C14H18ClN3O/c1-18-13(9-19-10-5-7-16-8-6-10)17-12-4-2-3-11(15)14(12)18/h2-4,10,16H,5-9H2,1H3. The summed E-state index contributed by atoms with van der Waals surface area (Å²) >= 11 is 6.21. The zero-order valence-electron chi connectivity index (χ0n) is 11.0. The molecule has 4 nitrogen and oxygen atoms in total. The summed E-state index contributed by atoms with van der Waals surface area (Å²) in [5.41, 5.74) is 1.91. The molecule has 0 radical (unpaired) electrons. The van der Waals surface area contributed by atoms with Crippen LogP contribution in [0.2, 0.25) is 5.02 Å². The third-order valence-electron chi connectivity index (χ3n) is 3.67. The highest BCUT2D eigenvalue weighted by Crippen LogP contribution is 2.24. The van der Waals surface area contributed by atoms with Crippen LogP contribution in [-0.2, 0) is 18.4 Å². The zero-order valence-corrected chi connectivity index (χ0v) is 11.8. The van der Waals surface area contributed by atoms with E-state index in [1.807, 2.05) is 29.8 Å². The van der Waals surface area contributed by atoms with Crippen LogP contribution in [-0.4, -0.2) is 28.7 Å². The summed E-state index contributed by atoms with van der Waals surface area (Å²) in [6.07, 6.45) is 2.49. The van der Waals surface area contributed by atoms with E-state index in [4.69, 9.17) is 16.3 Å². The Morgan fingerprint density at radius 3 is 2.95 bits per heavy atom. The van der Waals surface area contributed by atoms with Crippen molar-refractivity contribution in [3.8, 4) is 0 Å². The topological polar surface area (TPSA) is 39.1 Å². The summed E-state index contributed by atoms with van der Waals surface area (Å²) in [5.74, 6) is 0.932. The van der Waals surface area contributed by atoms with Gasteiger partial charge in [0.1, 0.15) is 12.4 Å². The number of imidazole rings is 1. The van der Waals surface area contributed by atoms with Crippen molar-refractivity contribution in [2.75, 3.05) is 13.1 Å². The van der Waals surface area contributed by atoms with E-state index in [1.54, 1.807) is 0 Å². The molecule has 0 spiro atoms. The van der Waals surface area contributed by atoms with Crippen molar-refractivity contribution in [2.45, 2.75) is 25.6 Å². The van der Waals surface area contributed by atoms with E-state index in [-0.39, 0.29) is 0 Å². The van der Waals surface area contributed by atoms with Gasteiger partial charge >= 0.3 is 0 Å². The quantitative estimate of drug-likeness (QED) is 0.938. The Bertz CT molecular complexity index is 575. The Kier molecular flexibility index (Phi) is 3.73. The van der Waals surface area contributed by atoms with E-state index >= 15 is 0 Å². The number of rotatable bonds is 3. The van der Waals surface area contributed by atoms with Crippen molar-refractivity contribution in [3.05, 3.63) is 29.0 Å². The lowest BCUT2D eigenvalue weighted by Gasteiger charge is -2.22. The van der Waals surface area contributed by atoms with Gasteiger partial charge in [-0.05, 0) is 38.1 Å². The Labute approximate surface area is 117 Å². The van der Waals surface area contributed by atoms with Gasteiger partial charge < -0.3 is 14.6 Å². The highest BCUT2D eigenvalue weighted by molar-refractivity contribution is 6.34. The largest absolute Gasteiger partial charge is 0.370 e. The molecule has 19 heavy (non-hydrogen) atoms. The number of fused-ring (bicyclic) bond motifs is 1. The van der Waals surface area contributed by atoms with Crippen LogP contribution in [0.25, 0.3) is 11.0 Å². The van der Waals surface area contributed by atoms with Crippen molar-refractivity contribution < 1.29 is 4.74 Å². The minimum Gasteiger partial charge on any atom is -0.370 e. The molecule has 1 N–H and O–H groups in total. The third-order valence-corrected chi connectivity index (χ3v) is 3.98. The van der Waals surface area contributed by atoms with Gasteiger partial charge in [-0.3, -0.25) is 0 Å². The van der Waals surface area contributed by atoms with Crippen LogP contribution < -0.4 is 5.32 Å². The molecule has 0 aliphatic carbocycles. The summed E-state index contributed by atoms with van der Waals surface area (Å²) in [6, 6.07) is 5.80. The fourth-order valence-electron chi connectivity index (χ4n) is 2.55. The molecule has 1 aromatic carbocycles. The first-order valence-corrected chi connectivity index (χ1v) is 7.05.